The molecule has 0 atom stereocenters. The second kappa shape index (κ2) is 7.61. The van der Waals surface area contributed by atoms with Gasteiger partial charge in [-0.3, -0.25) is 10.2 Å². The minimum Gasteiger partial charge on any atom is -0.291 e. The minimum atomic E-state index is -4.77. The number of hydrogen-bond donors (Lipinski definition) is 2. The molecule has 0 aliphatic heterocycles. The fourth-order valence-electron chi connectivity index (χ4n) is 2.80. The van der Waals surface area contributed by atoms with Gasteiger partial charge in [-0.15, -0.1) is 13.2 Å². The van der Waals surface area contributed by atoms with E-state index < -0.39 is 18.0 Å². The molecule has 146 valence electrons. The van der Waals surface area contributed by atoms with E-state index in [1.807, 2.05) is 5.43 Å². The van der Waals surface area contributed by atoms with Gasteiger partial charge in [-0.25, -0.2) is 10.2 Å². The van der Waals surface area contributed by atoms with Crippen molar-refractivity contribution < 1.29 is 22.4 Å². The quantitative estimate of drug-likeness (QED) is 0.224. The molecule has 0 saturated carbocycles. The lowest BCUT2D eigenvalue weighted by Gasteiger charge is -2.09. The third kappa shape index (κ3) is 4.00. The number of nitrogens with two attached hydrogens (primary N) is 1. The summed E-state index contributed by atoms with van der Waals surface area (Å²) in [5.41, 5.74) is 2.19. The van der Waals surface area contributed by atoms with Crippen LogP contribution in [0.2, 0.25) is 5.02 Å². The Morgan fingerprint density at radius 2 is 2.00 bits per heavy atom. The number of nitrogens with one attached hydrogen (secondary N) is 1. The maximum Gasteiger partial charge on any atom is 0.505 e. The van der Waals surface area contributed by atoms with E-state index in [4.69, 9.17) is 17.4 Å². The summed E-state index contributed by atoms with van der Waals surface area (Å²) in [5.74, 6) is 3.69. The lowest BCUT2D eigenvalue weighted by atomic mass is 9.99. The first-order valence-corrected chi connectivity index (χ1v) is 8.29. The van der Waals surface area contributed by atoms with E-state index in [1.165, 1.54) is 24.3 Å². The Bertz CT molecular complexity index is 1080. The molecule has 0 radical (unpaired) electrons. The molecule has 1 heterocycles. The zero-order valence-electron chi connectivity index (χ0n) is 14.1. The van der Waals surface area contributed by atoms with Gasteiger partial charge in [0.05, 0.1) is 11.2 Å². The highest BCUT2D eigenvalue weighted by atomic mass is 35.5. The molecule has 3 N–H and O–H groups in total. The number of hydrazine groups is 1. The number of alkyl halides is 3. The lowest BCUT2D eigenvalue weighted by Crippen LogP contribution is -2.27. The monoisotopic (exact) mass is 412 g/mol. The van der Waals surface area contributed by atoms with Crippen molar-refractivity contribution in [2.75, 3.05) is 0 Å². The number of halogens is 5. The van der Waals surface area contributed by atoms with Crippen LogP contribution >= 0.6 is 11.6 Å². The zero-order chi connectivity index (χ0) is 20.5. The summed E-state index contributed by atoms with van der Waals surface area (Å²) in [5, 5.41) is 3.93. The van der Waals surface area contributed by atoms with Gasteiger partial charge in [0.2, 0.25) is 0 Å². The van der Waals surface area contributed by atoms with Gasteiger partial charge in [-0.05, 0) is 35.4 Å². The van der Waals surface area contributed by atoms with Crippen molar-refractivity contribution in [2.24, 2.45) is 5.84 Å². The Morgan fingerprint density at radius 3 is 2.64 bits per heavy atom. The summed E-state index contributed by atoms with van der Waals surface area (Å²) in [6.45, 7) is 0. The molecule has 2 aromatic carbocycles. The van der Waals surface area contributed by atoms with Crippen molar-refractivity contribution >= 4 is 34.5 Å². The van der Waals surface area contributed by atoms with Gasteiger partial charge in [-0.1, -0.05) is 29.8 Å². The summed E-state index contributed by atoms with van der Waals surface area (Å²) < 4.78 is 54.2. The number of aromatic nitrogens is 2. The number of benzene rings is 2. The number of rotatable bonds is 4. The van der Waals surface area contributed by atoms with E-state index >= 15 is 0 Å². The van der Waals surface area contributed by atoms with Gasteiger partial charge < -0.3 is 0 Å². The first-order chi connectivity index (χ1) is 13.2. The normalized spacial score (nSPS) is 12.1. The maximum atomic E-state index is 14.2. The molecule has 5 nitrogen and oxygen atoms in total. The Morgan fingerprint density at radius 1 is 1.25 bits per heavy atom. The molecule has 3 rings (SSSR count). The summed E-state index contributed by atoms with van der Waals surface area (Å²) in [7, 11) is 0. The summed E-state index contributed by atoms with van der Waals surface area (Å²) in [6, 6.07) is 8.32. The molecule has 0 saturated heterocycles. The number of nitrogens with zero attached hydrogens (tertiary/aromatic N) is 2. The first kappa shape index (κ1) is 19.8. The van der Waals surface area contributed by atoms with E-state index in [9.17, 15) is 22.4 Å². The summed E-state index contributed by atoms with van der Waals surface area (Å²) in [6.07, 6.45) is -2.69. The molecule has 28 heavy (non-hydrogen) atoms. The predicted octanol–water partition coefficient (Wildman–Crippen LogP) is 3.90. The molecule has 0 bridgehead atoms. The molecule has 1 amide bonds. The molecule has 0 spiro atoms. The largest absolute Gasteiger partial charge is 0.505 e. The number of carbonyl (C=O) groups is 1. The Balaban J connectivity index is 2.18. The summed E-state index contributed by atoms with van der Waals surface area (Å²) in [4.78, 5) is 11.3. The minimum absolute atomic E-state index is 0.00776. The molecule has 0 aliphatic carbocycles. The average Bonchev–Trinajstić information content (AvgIpc) is 3.02. The van der Waals surface area contributed by atoms with Gasteiger partial charge in [0.15, 0.2) is 0 Å². The third-order valence-electron chi connectivity index (χ3n) is 3.99. The van der Waals surface area contributed by atoms with E-state index in [2.05, 4.69) is 5.10 Å². The van der Waals surface area contributed by atoms with Gasteiger partial charge in [0.25, 0.3) is 5.91 Å². The Labute approximate surface area is 161 Å². The van der Waals surface area contributed by atoms with Crippen LogP contribution in [0.4, 0.5) is 17.6 Å². The van der Waals surface area contributed by atoms with Crippen LogP contribution in [0.3, 0.4) is 0 Å². The number of amides is 1. The molecule has 0 aliphatic rings. The van der Waals surface area contributed by atoms with Crippen molar-refractivity contribution in [2.45, 2.75) is 12.7 Å². The Hall–Kier alpha value is -2.91. The maximum absolute atomic E-state index is 14.2. The van der Waals surface area contributed by atoms with Crippen LogP contribution in [-0.2, 0) is 17.5 Å². The molecule has 10 heteroatoms. The van der Waals surface area contributed by atoms with Crippen LogP contribution in [-0.4, -0.2) is 15.7 Å². The van der Waals surface area contributed by atoms with Gasteiger partial charge in [-0.2, -0.15) is 9.78 Å². The molecular formula is C18H13ClF4N4O. The number of hydrogen-bond acceptors (Lipinski definition) is 3. The van der Waals surface area contributed by atoms with Crippen molar-refractivity contribution in [3.63, 3.8) is 0 Å². The SMILES string of the molecule is NNC(=O)/C=C/c1nn(C(F)(F)F)c2cccc(Cc3ccc(Cl)cc3F)c12. The molecule has 0 fully saturated rings. The molecular weight excluding hydrogens is 400 g/mol. The van der Waals surface area contributed by atoms with E-state index in [1.54, 1.807) is 6.07 Å². The topological polar surface area (TPSA) is 72.9 Å². The van der Waals surface area contributed by atoms with E-state index in [-0.39, 0.29) is 38.3 Å². The zero-order valence-corrected chi connectivity index (χ0v) is 14.9. The van der Waals surface area contributed by atoms with Gasteiger partial charge in [0, 0.05) is 22.9 Å². The first-order valence-electron chi connectivity index (χ1n) is 7.91. The molecule has 1 aromatic heterocycles. The highest BCUT2D eigenvalue weighted by molar-refractivity contribution is 6.30. The van der Waals surface area contributed by atoms with Gasteiger partial charge >= 0.3 is 6.30 Å². The van der Waals surface area contributed by atoms with E-state index in [0.717, 1.165) is 18.2 Å². The predicted molar refractivity (Wildman–Crippen MR) is 96.6 cm³/mol. The fourth-order valence-corrected chi connectivity index (χ4v) is 2.96. The van der Waals surface area contributed by atoms with Crippen LogP contribution in [0.25, 0.3) is 17.0 Å². The van der Waals surface area contributed by atoms with Crippen molar-refractivity contribution in [3.05, 3.63) is 70.1 Å². The lowest BCUT2D eigenvalue weighted by molar-refractivity contribution is -0.209. The smallest absolute Gasteiger partial charge is 0.291 e. The molecule has 0 unspecified atom stereocenters. The van der Waals surface area contributed by atoms with Crippen molar-refractivity contribution in [1.29, 1.82) is 0 Å². The highest BCUT2D eigenvalue weighted by Crippen LogP contribution is 2.32. The number of carbonyl (C=O) groups excluding carboxylic acids is 1. The van der Waals surface area contributed by atoms with Crippen LogP contribution in [0, 0.1) is 5.82 Å². The van der Waals surface area contributed by atoms with Crippen molar-refractivity contribution in [1.82, 2.24) is 15.2 Å². The second-order valence-corrected chi connectivity index (χ2v) is 6.27. The van der Waals surface area contributed by atoms with Crippen LogP contribution in [0.5, 0.6) is 0 Å². The Kier molecular flexibility index (Phi) is 5.39. The average molecular weight is 413 g/mol. The highest BCUT2D eigenvalue weighted by Gasteiger charge is 2.34. The standard InChI is InChI=1S/C18H13ClF4N4O/c19-12-5-4-10(13(20)9-12)8-11-2-1-3-15-17(11)14(6-7-16(28)25-24)26-27(15)18(21,22)23/h1-7,9H,8,24H2,(H,25,28)/b7-6+. The van der Waals surface area contributed by atoms with Crippen LogP contribution in [0.15, 0.2) is 42.5 Å². The third-order valence-corrected chi connectivity index (χ3v) is 4.23. The molecule has 3 aromatic rings. The van der Waals surface area contributed by atoms with Crippen LogP contribution < -0.4 is 11.3 Å². The van der Waals surface area contributed by atoms with Crippen LogP contribution in [0.1, 0.15) is 16.8 Å². The summed E-state index contributed by atoms with van der Waals surface area (Å²) >= 11 is 5.74. The van der Waals surface area contributed by atoms with E-state index in [0.29, 0.717) is 5.56 Å². The van der Waals surface area contributed by atoms with Crippen molar-refractivity contribution in [3.8, 4) is 0 Å². The fraction of sp³-hybridized carbons (Fsp3) is 0.111. The number of fused-ring (bicyclic) bond motifs is 1. The van der Waals surface area contributed by atoms with Gasteiger partial charge in [0.1, 0.15) is 5.82 Å². The second-order valence-electron chi connectivity index (χ2n) is 5.83.